The van der Waals surface area contributed by atoms with Crippen molar-refractivity contribution in [1.29, 1.82) is 0 Å². The summed E-state index contributed by atoms with van der Waals surface area (Å²) in [7, 11) is -3.31. The number of hydrogen-bond acceptors (Lipinski definition) is 7. The fourth-order valence-electron chi connectivity index (χ4n) is 3.57. The normalized spacial score (nSPS) is 15.0. The molecule has 1 aromatic carbocycles. The lowest BCUT2D eigenvalue weighted by Gasteiger charge is -2.24. The second-order valence-corrected chi connectivity index (χ2v) is 9.28. The Bertz CT molecular complexity index is 1010. The van der Waals surface area contributed by atoms with E-state index in [1.54, 1.807) is 18.2 Å². The van der Waals surface area contributed by atoms with Crippen molar-refractivity contribution in [3.8, 4) is 11.3 Å². The van der Waals surface area contributed by atoms with Gasteiger partial charge in [0, 0.05) is 12.8 Å². The van der Waals surface area contributed by atoms with E-state index in [-0.39, 0.29) is 29.8 Å². The van der Waals surface area contributed by atoms with Crippen LogP contribution < -0.4 is 5.32 Å². The first-order chi connectivity index (χ1) is 14.3. The monoisotopic (exact) mass is 436 g/mol. The Morgan fingerprint density at radius 1 is 1.27 bits per heavy atom. The second kappa shape index (κ2) is 9.24. The number of carbonyl (C=O) groups excluding carboxylic acids is 1. The van der Waals surface area contributed by atoms with Gasteiger partial charge in [-0.2, -0.15) is 5.10 Å². The molecule has 0 atom stereocenters. The van der Waals surface area contributed by atoms with Gasteiger partial charge in [-0.3, -0.25) is 9.48 Å². The molecule has 1 saturated carbocycles. The van der Waals surface area contributed by atoms with Gasteiger partial charge in [0.1, 0.15) is 6.61 Å². The van der Waals surface area contributed by atoms with Gasteiger partial charge in [-0.1, -0.05) is 31.4 Å². The molecule has 0 spiro atoms. The summed E-state index contributed by atoms with van der Waals surface area (Å²) in [6.45, 7) is -0.267. The first-order valence-corrected chi connectivity index (χ1v) is 11.6. The third-order valence-electron chi connectivity index (χ3n) is 5.05. The summed E-state index contributed by atoms with van der Waals surface area (Å²) in [6, 6.07) is 8.31. The van der Waals surface area contributed by atoms with Gasteiger partial charge >= 0.3 is 0 Å². The summed E-state index contributed by atoms with van der Waals surface area (Å²) in [5.74, 6) is -0.453. The highest BCUT2D eigenvalue weighted by Crippen LogP contribution is 2.33. The lowest BCUT2D eigenvalue weighted by Crippen LogP contribution is -2.28. The quantitative estimate of drug-likeness (QED) is 0.381. The first kappa shape index (κ1) is 21.8. The van der Waals surface area contributed by atoms with Crippen LogP contribution in [0, 0.1) is 10.1 Å². The second-order valence-electron chi connectivity index (χ2n) is 7.26. The number of carbonyl (C=O) groups is 1. The van der Waals surface area contributed by atoms with Gasteiger partial charge in [0.2, 0.25) is 0 Å². The molecule has 0 radical (unpaired) electrons. The molecule has 1 fully saturated rings. The van der Waals surface area contributed by atoms with Crippen LogP contribution >= 0.6 is 0 Å². The number of benzene rings is 1. The van der Waals surface area contributed by atoms with Crippen LogP contribution in [0.25, 0.3) is 11.3 Å². The van der Waals surface area contributed by atoms with E-state index < -0.39 is 20.8 Å². The predicted molar refractivity (Wildman–Crippen MR) is 108 cm³/mol. The molecule has 1 aliphatic carbocycles. The summed E-state index contributed by atoms with van der Waals surface area (Å²) in [5.41, 5.74) is 1.69. The molecule has 1 amide bonds. The van der Waals surface area contributed by atoms with Crippen LogP contribution in [0.1, 0.15) is 48.6 Å². The maximum absolute atomic E-state index is 12.5. The molecule has 0 unspecified atom stereocenters. The Hall–Kier alpha value is -2.95. The van der Waals surface area contributed by atoms with Crippen molar-refractivity contribution in [2.45, 2.75) is 43.0 Å². The third-order valence-corrected chi connectivity index (χ3v) is 6.18. The van der Waals surface area contributed by atoms with Crippen molar-refractivity contribution < 1.29 is 23.1 Å². The summed E-state index contributed by atoms with van der Waals surface area (Å²) >= 11 is 0. The predicted octanol–water partition coefficient (Wildman–Crippen LogP) is 2.40. The number of amides is 1. The minimum absolute atomic E-state index is 0.0194. The first-order valence-electron chi connectivity index (χ1n) is 9.71. The van der Waals surface area contributed by atoms with Gasteiger partial charge < -0.3 is 10.2 Å². The van der Waals surface area contributed by atoms with Crippen molar-refractivity contribution in [2.75, 3.05) is 19.4 Å². The fraction of sp³-hybridized carbons (Fsp3) is 0.474. The molecule has 162 valence electrons. The average molecular weight is 436 g/mol. The molecular formula is C19H24N4O6S. The molecule has 30 heavy (non-hydrogen) atoms. The molecule has 0 aliphatic heterocycles. The molecule has 1 aromatic heterocycles. The standard InChI is InChI=1S/C19H24N4O6S/c1-30(27,28)16-9-7-14(8-10-16)18-13-17(19(24)20-11-12-29-23(25)26)21-22(18)15-5-3-2-4-6-15/h7-10,13,15H,2-6,11-12H2,1H3,(H,20,24). The van der Waals surface area contributed by atoms with Gasteiger partial charge in [0.15, 0.2) is 15.5 Å². The van der Waals surface area contributed by atoms with Gasteiger partial charge in [0.05, 0.1) is 16.6 Å². The Balaban J connectivity index is 1.86. The summed E-state index contributed by atoms with van der Waals surface area (Å²) in [4.78, 5) is 27.1. The van der Waals surface area contributed by atoms with E-state index in [1.165, 1.54) is 18.6 Å². The van der Waals surface area contributed by atoms with E-state index in [9.17, 15) is 23.3 Å². The molecule has 11 heteroatoms. The van der Waals surface area contributed by atoms with Gasteiger partial charge in [-0.05, 0) is 36.6 Å². The number of nitrogens with one attached hydrogen (secondary N) is 1. The van der Waals surface area contributed by atoms with Crippen molar-refractivity contribution in [3.63, 3.8) is 0 Å². The van der Waals surface area contributed by atoms with Crippen LogP contribution in [-0.2, 0) is 14.7 Å². The SMILES string of the molecule is CS(=O)(=O)c1ccc(-c2cc(C(=O)NCCO[N+](=O)[O-])nn2C2CCCCC2)cc1. The highest BCUT2D eigenvalue weighted by atomic mass is 32.2. The van der Waals surface area contributed by atoms with Crippen LogP contribution in [-0.4, -0.2) is 48.6 Å². The van der Waals surface area contributed by atoms with Crippen molar-refractivity contribution in [1.82, 2.24) is 15.1 Å². The molecule has 0 saturated heterocycles. The van der Waals surface area contributed by atoms with Gasteiger partial charge in [-0.25, -0.2) is 8.42 Å². The van der Waals surface area contributed by atoms with E-state index in [1.807, 2.05) is 4.68 Å². The van der Waals surface area contributed by atoms with Crippen LogP contribution in [0.4, 0.5) is 0 Å². The molecule has 1 heterocycles. The zero-order valence-corrected chi connectivity index (χ0v) is 17.4. The lowest BCUT2D eigenvalue weighted by molar-refractivity contribution is -0.757. The van der Waals surface area contributed by atoms with E-state index in [4.69, 9.17) is 0 Å². The largest absolute Gasteiger partial charge is 0.349 e. The Morgan fingerprint density at radius 2 is 1.93 bits per heavy atom. The van der Waals surface area contributed by atoms with Gasteiger partial charge in [0.25, 0.3) is 11.0 Å². The molecule has 0 bridgehead atoms. The number of nitrogens with zero attached hydrogens (tertiary/aromatic N) is 3. The molecule has 2 aromatic rings. The van der Waals surface area contributed by atoms with Crippen LogP contribution in [0.2, 0.25) is 0 Å². The molecule has 1 N–H and O–H groups in total. The van der Waals surface area contributed by atoms with Crippen LogP contribution in [0.15, 0.2) is 35.2 Å². The zero-order valence-electron chi connectivity index (χ0n) is 16.6. The smallest absolute Gasteiger partial charge is 0.294 e. The van der Waals surface area contributed by atoms with E-state index in [0.29, 0.717) is 0 Å². The van der Waals surface area contributed by atoms with Crippen LogP contribution in [0.5, 0.6) is 0 Å². The topological polar surface area (TPSA) is 133 Å². The van der Waals surface area contributed by atoms with Crippen molar-refractivity contribution in [2.24, 2.45) is 0 Å². The summed E-state index contributed by atoms with van der Waals surface area (Å²) in [5, 5.41) is 16.3. The zero-order chi connectivity index (χ0) is 21.7. The van der Waals surface area contributed by atoms with Crippen LogP contribution in [0.3, 0.4) is 0 Å². The molecule has 3 rings (SSSR count). The minimum atomic E-state index is -3.31. The Morgan fingerprint density at radius 3 is 2.53 bits per heavy atom. The Kier molecular flexibility index (Phi) is 6.70. The minimum Gasteiger partial charge on any atom is -0.349 e. The highest BCUT2D eigenvalue weighted by Gasteiger charge is 2.23. The van der Waals surface area contributed by atoms with Crippen molar-refractivity contribution >= 4 is 15.7 Å². The number of aromatic nitrogens is 2. The summed E-state index contributed by atoms with van der Waals surface area (Å²) in [6.07, 6.45) is 6.38. The highest BCUT2D eigenvalue weighted by molar-refractivity contribution is 7.90. The lowest BCUT2D eigenvalue weighted by atomic mass is 9.95. The summed E-state index contributed by atoms with van der Waals surface area (Å²) < 4.78 is 25.3. The maximum atomic E-state index is 12.5. The van der Waals surface area contributed by atoms with Gasteiger partial charge in [-0.15, -0.1) is 10.1 Å². The average Bonchev–Trinajstić information content (AvgIpc) is 3.16. The van der Waals surface area contributed by atoms with Crippen molar-refractivity contribution in [3.05, 3.63) is 46.1 Å². The number of hydrogen-bond donors (Lipinski definition) is 1. The fourth-order valence-corrected chi connectivity index (χ4v) is 4.20. The maximum Gasteiger partial charge on any atom is 0.294 e. The molecular weight excluding hydrogens is 412 g/mol. The van der Waals surface area contributed by atoms with E-state index in [2.05, 4.69) is 15.3 Å². The number of sulfone groups is 1. The molecule has 10 nitrogen and oxygen atoms in total. The van der Waals surface area contributed by atoms with E-state index in [0.717, 1.165) is 43.2 Å². The third kappa shape index (κ3) is 5.35. The van der Waals surface area contributed by atoms with E-state index >= 15 is 0 Å². The molecule has 1 aliphatic rings. The number of rotatable bonds is 8. The Labute approximate surface area is 174 Å².